The molecule has 170 valence electrons. The summed E-state index contributed by atoms with van der Waals surface area (Å²) in [6, 6.07) is 12.7. The van der Waals surface area contributed by atoms with Crippen molar-refractivity contribution in [1.29, 1.82) is 0 Å². The lowest BCUT2D eigenvalue weighted by Gasteiger charge is -2.43. The molecule has 4 unspecified atom stereocenters. The summed E-state index contributed by atoms with van der Waals surface area (Å²) in [6.45, 7) is 5.90. The van der Waals surface area contributed by atoms with Crippen molar-refractivity contribution in [3.8, 4) is 11.5 Å². The third-order valence-corrected chi connectivity index (χ3v) is 6.78. The van der Waals surface area contributed by atoms with Crippen molar-refractivity contribution >= 4 is 11.8 Å². The molecular formula is C26H32N2O4. The number of ether oxygens (including phenoxy) is 2. The van der Waals surface area contributed by atoms with Crippen LogP contribution in [0.15, 0.2) is 42.5 Å². The maximum Gasteiger partial charge on any atom is 0.254 e. The van der Waals surface area contributed by atoms with Crippen LogP contribution in [0.2, 0.25) is 0 Å². The molecule has 0 aromatic heterocycles. The van der Waals surface area contributed by atoms with Gasteiger partial charge < -0.3 is 19.3 Å². The molecule has 2 aliphatic heterocycles. The van der Waals surface area contributed by atoms with Crippen LogP contribution in [0, 0.1) is 11.8 Å². The van der Waals surface area contributed by atoms with Crippen molar-refractivity contribution in [3.05, 3.63) is 59.2 Å². The molecule has 4 rings (SSSR count). The molecule has 2 amide bonds. The zero-order valence-electron chi connectivity index (χ0n) is 19.5. The number of fused-ring (bicyclic) bond motifs is 1. The van der Waals surface area contributed by atoms with E-state index in [0.29, 0.717) is 28.9 Å². The van der Waals surface area contributed by atoms with E-state index in [1.807, 2.05) is 47.4 Å². The molecule has 0 radical (unpaired) electrons. The molecule has 2 aromatic rings. The van der Waals surface area contributed by atoms with Gasteiger partial charge in [-0.2, -0.15) is 0 Å². The van der Waals surface area contributed by atoms with Gasteiger partial charge >= 0.3 is 0 Å². The van der Waals surface area contributed by atoms with Gasteiger partial charge in [-0.15, -0.1) is 0 Å². The summed E-state index contributed by atoms with van der Waals surface area (Å²) in [5.74, 6) is 1.63. The summed E-state index contributed by atoms with van der Waals surface area (Å²) < 4.78 is 10.9. The van der Waals surface area contributed by atoms with Crippen LogP contribution in [0.3, 0.4) is 0 Å². The van der Waals surface area contributed by atoms with E-state index in [0.717, 1.165) is 30.6 Å². The average molecular weight is 437 g/mol. The second kappa shape index (κ2) is 8.85. The molecule has 1 saturated heterocycles. The molecule has 2 heterocycles. The van der Waals surface area contributed by atoms with Gasteiger partial charge in [-0.3, -0.25) is 9.59 Å². The van der Waals surface area contributed by atoms with Crippen molar-refractivity contribution in [2.75, 3.05) is 34.4 Å². The summed E-state index contributed by atoms with van der Waals surface area (Å²) in [4.78, 5) is 31.0. The van der Waals surface area contributed by atoms with Crippen LogP contribution >= 0.6 is 0 Å². The summed E-state index contributed by atoms with van der Waals surface area (Å²) in [6.07, 6.45) is 1.13. The number of carbonyl (C=O) groups excluding carboxylic acids is 2. The molecule has 2 aromatic carbocycles. The zero-order valence-corrected chi connectivity index (χ0v) is 19.5. The number of piperidine rings is 1. The molecule has 0 spiro atoms. The third-order valence-electron chi connectivity index (χ3n) is 6.78. The predicted octanol–water partition coefficient (Wildman–Crippen LogP) is 4.12. The lowest BCUT2D eigenvalue weighted by molar-refractivity contribution is -0.137. The first kappa shape index (κ1) is 22.2. The first-order valence-corrected chi connectivity index (χ1v) is 11.2. The van der Waals surface area contributed by atoms with Crippen molar-refractivity contribution in [1.82, 2.24) is 9.80 Å². The van der Waals surface area contributed by atoms with E-state index in [1.165, 1.54) is 0 Å². The Morgan fingerprint density at radius 1 is 0.969 bits per heavy atom. The Balaban J connectivity index is 1.83. The highest BCUT2D eigenvalue weighted by Gasteiger charge is 2.45. The number of hydrogen-bond acceptors (Lipinski definition) is 4. The molecule has 6 heteroatoms. The largest absolute Gasteiger partial charge is 0.493 e. The molecular weight excluding hydrogens is 404 g/mol. The monoisotopic (exact) mass is 436 g/mol. The highest BCUT2D eigenvalue weighted by Crippen LogP contribution is 2.45. The topological polar surface area (TPSA) is 59.1 Å². The molecule has 0 bridgehead atoms. The Hall–Kier alpha value is -3.02. The number of likely N-dealkylation sites (tertiary alicyclic amines) is 1. The van der Waals surface area contributed by atoms with Crippen LogP contribution in [0.4, 0.5) is 0 Å². The second-order valence-electron chi connectivity index (χ2n) is 9.23. The number of benzene rings is 2. The smallest absolute Gasteiger partial charge is 0.254 e. The van der Waals surface area contributed by atoms with Gasteiger partial charge in [-0.05, 0) is 47.6 Å². The van der Waals surface area contributed by atoms with Crippen molar-refractivity contribution in [3.63, 3.8) is 0 Å². The normalized spacial score (nSPS) is 25.3. The maximum atomic E-state index is 14.1. The standard InChI is InChI=1S/C26H32N2O4/c1-16-12-17(2)15-28(14-16)26(30)23-19-8-6-7-9-20(19)25(29)27(3)24(23)18-10-11-21(31-4)22(13-18)32-5/h6-11,13,16-17,23-24H,12,14-15H2,1-5H3. The number of amides is 2. The second-order valence-corrected chi connectivity index (χ2v) is 9.23. The van der Waals surface area contributed by atoms with Gasteiger partial charge in [-0.25, -0.2) is 0 Å². The fourth-order valence-corrected chi connectivity index (χ4v) is 5.43. The fraction of sp³-hybridized carbons (Fsp3) is 0.462. The minimum atomic E-state index is -0.482. The van der Waals surface area contributed by atoms with E-state index < -0.39 is 12.0 Å². The van der Waals surface area contributed by atoms with Crippen LogP contribution < -0.4 is 9.47 Å². The Morgan fingerprint density at radius 3 is 2.28 bits per heavy atom. The van der Waals surface area contributed by atoms with E-state index in [-0.39, 0.29) is 11.8 Å². The quantitative estimate of drug-likeness (QED) is 0.724. The number of hydrogen-bond donors (Lipinski definition) is 0. The fourth-order valence-electron chi connectivity index (χ4n) is 5.43. The maximum absolute atomic E-state index is 14.1. The Bertz CT molecular complexity index is 1010. The summed E-state index contributed by atoms with van der Waals surface area (Å²) in [7, 11) is 4.96. The van der Waals surface area contributed by atoms with Crippen molar-refractivity contribution in [2.24, 2.45) is 11.8 Å². The lowest BCUT2D eigenvalue weighted by atomic mass is 9.78. The number of carbonyl (C=O) groups is 2. The lowest BCUT2D eigenvalue weighted by Crippen LogP contribution is -2.50. The van der Waals surface area contributed by atoms with Gasteiger partial charge in [0.25, 0.3) is 5.91 Å². The van der Waals surface area contributed by atoms with Crippen LogP contribution in [0.5, 0.6) is 11.5 Å². The molecule has 0 saturated carbocycles. The molecule has 2 aliphatic rings. The molecule has 32 heavy (non-hydrogen) atoms. The van der Waals surface area contributed by atoms with E-state index in [1.54, 1.807) is 26.2 Å². The van der Waals surface area contributed by atoms with Crippen LogP contribution in [0.25, 0.3) is 0 Å². The number of likely N-dealkylation sites (N-methyl/N-ethyl adjacent to an activating group) is 1. The van der Waals surface area contributed by atoms with Crippen LogP contribution in [-0.2, 0) is 4.79 Å². The highest BCUT2D eigenvalue weighted by atomic mass is 16.5. The predicted molar refractivity (Wildman–Crippen MR) is 123 cm³/mol. The van der Waals surface area contributed by atoms with E-state index >= 15 is 0 Å². The zero-order chi connectivity index (χ0) is 23.0. The first-order chi connectivity index (χ1) is 15.3. The number of methoxy groups -OCH3 is 2. The van der Waals surface area contributed by atoms with E-state index in [9.17, 15) is 9.59 Å². The van der Waals surface area contributed by atoms with E-state index in [4.69, 9.17) is 9.47 Å². The molecule has 1 fully saturated rings. The summed E-state index contributed by atoms with van der Waals surface area (Å²) in [5.41, 5.74) is 2.25. The van der Waals surface area contributed by atoms with Gasteiger partial charge in [0, 0.05) is 25.7 Å². The first-order valence-electron chi connectivity index (χ1n) is 11.2. The van der Waals surface area contributed by atoms with E-state index in [2.05, 4.69) is 13.8 Å². The van der Waals surface area contributed by atoms with Gasteiger partial charge in [0.1, 0.15) is 0 Å². The molecule has 4 atom stereocenters. The minimum absolute atomic E-state index is 0.0787. The highest BCUT2D eigenvalue weighted by molar-refractivity contribution is 6.01. The van der Waals surface area contributed by atoms with Crippen LogP contribution in [-0.4, -0.2) is 56.0 Å². The van der Waals surface area contributed by atoms with Crippen molar-refractivity contribution < 1.29 is 19.1 Å². The average Bonchev–Trinajstić information content (AvgIpc) is 2.79. The van der Waals surface area contributed by atoms with Gasteiger partial charge in [0.2, 0.25) is 5.91 Å². The third kappa shape index (κ3) is 3.83. The van der Waals surface area contributed by atoms with Gasteiger partial charge in [-0.1, -0.05) is 38.1 Å². The number of nitrogens with zero attached hydrogens (tertiary/aromatic N) is 2. The molecule has 0 N–H and O–H groups in total. The Morgan fingerprint density at radius 2 is 1.62 bits per heavy atom. The Labute approximate surface area is 190 Å². The number of rotatable bonds is 4. The molecule has 0 aliphatic carbocycles. The van der Waals surface area contributed by atoms with Crippen LogP contribution in [0.1, 0.15) is 53.7 Å². The summed E-state index contributed by atoms with van der Waals surface area (Å²) in [5, 5.41) is 0. The Kier molecular flexibility index (Phi) is 6.13. The van der Waals surface area contributed by atoms with Crippen molar-refractivity contribution in [2.45, 2.75) is 32.2 Å². The van der Waals surface area contributed by atoms with Gasteiger partial charge in [0.15, 0.2) is 11.5 Å². The summed E-state index contributed by atoms with van der Waals surface area (Å²) >= 11 is 0. The minimum Gasteiger partial charge on any atom is -0.493 e. The van der Waals surface area contributed by atoms with Gasteiger partial charge in [0.05, 0.1) is 26.2 Å². The molecule has 6 nitrogen and oxygen atoms in total. The SMILES string of the molecule is COc1ccc(C2C(C(=O)N3CC(C)CC(C)C3)c3ccccc3C(=O)N2C)cc1OC.